The van der Waals surface area contributed by atoms with Crippen LogP contribution in [0, 0.1) is 6.92 Å². The van der Waals surface area contributed by atoms with E-state index in [0.29, 0.717) is 0 Å². The molecule has 2 unspecified atom stereocenters. The fraction of sp³-hybridized carbons (Fsp3) is 0.211. The minimum absolute atomic E-state index is 0.00795. The molecule has 1 aliphatic rings. The molecule has 2 N–H and O–H groups in total. The number of rotatable bonds is 4. The number of H-pyrrole nitrogens is 1. The Kier molecular flexibility index (Phi) is 4.19. The van der Waals surface area contributed by atoms with Crippen molar-refractivity contribution >= 4 is 17.3 Å². The summed E-state index contributed by atoms with van der Waals surface area (Å²) in [7, 11) is 0. The van der Waals surface area contributed by atoms with Gasteiger partial charge < -0.3 is 15.2 Å². The summed E-state index contributed by atoms with van der Waals surface area (Å²) in [5.41, 5.74) is 4.43. The van der Waals surface area contributed by atoms with Crippen LogP contribution >= 0.6 is 12.2 Å². The number of thiocarbonyl (C=S) groups is 1. The number of pyridine rings is 2. The van der Waals surface area contributed by atoms with Crippen LogP contribution in [0.5, 0.6) is 0 Å². The standard InChI is InChI=1S/C19H19N5S/c1-13-5-6-16(22-13)18-17(15-4-2-3-9-21-15)23-19(25)24(18)12-14-7-10-20-11-8-14/h2-11,17-18,22H,12H2,1H3,(H,23,25). The molecule has 1 fully saturated rings. The van der Waals surface area contributed by atoms with Crippen LogP contribution in [0.2, 0.25) is 0 Å². The Morgan fingerprint density at radius 1 is 1.08 bits per heavy atom. The lowest BCUT2D eigenvalue weighted by atomic mass is 10.0. The first-order valence-electron chi connectivity index (χ1n) is 8.25. The number of nitrogens with one attached hydrogen (secondary N) is 2. The zero-order chi connectivity index (χ0) is 17.2. The summed E-state index contributed by atoms with van der Waals surface area (Å²) in [6.07, 6.45) is 5.44. The summed E-state index contributed by atoms with van der Waals surface area (Å²) in [6, 6.07) is 14.3. The summed E-state index contributed by atoms with van der Waals surface area (Å²) >= 11 is 5.66. The molecule has 0 spiro atoms. The van der Waals surface area contributed by atoms with Gasteiger partial charge in [0.2, 0.25) is 0 Å². The van der Waals surface area contributed by atoms with Crippen molar-refractivity contribution in [1.82, 2.24) is 25.2 Å². The fourth-order valence-electron chi connectivity index (χ4n) is 3.30. The van der Waals surface area contributed by atoms with Crippen molar-refractivity contribution in [3.8, 4) is 0 Å². The normalized spacial score (nSPS) is 19.9. The molecule has 0 radical (unpaired) electrons. The second-order valence-corrected chi connectivity index (χ2v) is 6.59. The van der Waals surface area contributed by atoms with Crippen LogP contribution in [0.15, 0.2) is 61.1 Å². The predicted molar refractivity (Wildman–Crippen MR) is 101 cm³/mol. The molecule has 126 valence electrons. The van der Waals surface area contributed by atoms with Gasteiger partial charge in [-0.05, 0) is 61.1 Å². The van der Waals surface area contributed by atoms with Crippen LogP contribution in [0.4, 0.5) is 0 Å². The highest BCUT2D eigenvalue weighted by Gasteiger charge is 2.40. The summed E-state index contributed by atoms with van der Waals surface area (Å²) in [4.78, 5) is 14.3. The van der Waals surface area contributed by atoms with Gasteiger partial charge in [0.15, 0.2) is 5.11 Å². The maximum atomic E-state index is 5.66. The van der Waals surface area contributed by atoms with Gasteiger partial charge in [0.05, 0.1) is 17.8 Å². The van der Waals surface area contributed by atoms with Gasteiger partial charge in [-0.15, -0.1) is 0 Å². The third-order valence-electron chi connectivity index (χ3n) is 4.47. The molecule has 25 heavy (non-hydrogen) atoms. The molecule has 1 saturated heterocycles. The Balaban J connectivity index is 1.72. The maximum Gasteiger partial charge on any atom is 0.170 e. The summed E-state index contributed by atoms with van der Waals surface area (Å²) in [5, 5.41) is 4.20. The SMILES string of the molecule is Cc1ccc(C2C(c3ccccn3)NC(=S)N2Cc2ccncc2)[nH]1. The zero-order valence-electron chi connectivity index (χ0n) is 13.9. The second-order valence-electron chi connectivity index (χ2n) is 6.21. The average Bonchev–Trinajstić information content (AvgIpc) is 3.20. The van der Waals surface area contributed by atoms with Crippen molar-refractivity contribution in [2.45, 2.75) is 25.6 Å². The van der Waals surface area contributed by atoms with Crippen molar-refractivity contribution in [3.63, 3.8) is 0 Å². The molecule has 0 aliphatic carbocycles. The molecule has 3 aromatic rings. The van der Waals surface area contributed by atoms with E-state index in [-0.39, 0.29) is 12.1 Å². The molecule has 6 heteroatoms. The first-order chi connectivity index (χ1) is 12.2. The van der Waals surface area contributed by atoms with Crippen molar-refractivity contribution < 1.29 is 0 Å². The molecule has 0 bridgehead atoms. The summed E-state index contributed by atoms with van der Waals surface area (Å²) in [5.74, 6) is 0. The lowest BCUT2D eigenvalue weighted by Gasteiger charge is -2.27. The largest absolute Gasteiger partial charge is 0.361 e. The molecule has 1 aliphatic heterocycles. The number of hydrogen-bond donors (Lipinski definition) is 2. The van der Waals surface area contributed by atoms with Crippen LogP contribution in [0.25, 0.3) is 0 Å². The fourth-order valence-corrected chi connectivity index (χ4v) is 3.60. The van der Waals surface area contributed by atoms with Gasteiger partial charge >= 0.3 is 0 Å². The summed E-state index contributed by atoms with van der Waals surface area (Å²) in [6.45, 7) is 2.79. The van der Waals surface area contributed by atoms with E-state index in [9.17, 15) is 0 Å². The highest BCUT2D eigenvalue weighted by Crippen LogP contribution is 2.38. The number of aryl methyl sites for hydroxylation is 1. The Morgan fingerprint density at radius 2 is 1.92 bits per heavy atom. The molecule has 0 saturated carbocycles. The molecule has 4 heterocycles. The van der Waals surface area contributed by atoms with Crippen LogP contribution in [0.1, 0.15) is 34.7 Å². The average molecular weight is 349 g/mol. The quantitative estimate of drug-likeness (QED) is 0.708. The topological polar surface area (TPSA) is 56.8 Å². The monoisotopic (exact) mass is 349 g/mol. The van der Waals surface area contributed by atoms with Crippen molar-refractivity contribution in [2.75, 3.05) is 0 Å². The Labute approximate surface area is 152 Å². The first kappa shape index (κ1) is 15.8. The molecule has 5 nitrogen and oxygen atoms in total. The predicted octanol–water partition coefficient (Wildman–Crippen LogP) is 3.29. The van der Waals surface area contributed by atoms with E-state index in [4.69, 9.17) is 12.2 Å². The molecular formula is C19H19N5S. The minimum Gasteiger partial charge on any atom is -0.361 e. The van der Waals surface area contributed by atoms with Crippen LogP contribution < -0.4 is 5.32 Å². The molecule has 3 aromatic heterocycles. The van der Waals surface area contributed by atoms with Gasteiger partial charge in [-0.25, -0.2) is 0 Å². The van der Waals surface area contributed by atoms with Gasteiger partial charge in [0, 0.05) is 36.5 Å². The molecule has 0 aromatic carbocycles. The van der Waals surface area contributed by atoms with Gasteiger partial charge in [-0.2, -0.15) is 0 Å². The van der Waals surface area contributed by atoms with Crippen molar-refractivity contribution in [1.29, 1.82) is 0 Å². The second kappa shape index (κ2) is 6.64. The highest BCUT2D eigenvalue weighted by molar-refractivity contribution is 7.80. The van der Waals surface area contributed by atoms with E-state index in [1.165, 1.54) is 5.56 Å². The van der Waals surface area contributed by atoms with Crippen LogP contribution in [-0.4, -0.2) is 25.0 Å². The van der Waals surface area contributed by atoms with E-state index in [2.05, 4.69) is 44.2 Å². The lowest BCUT2D eigenvalue weighted by Crippen LogP contribution is -2.29. The van der Waals surface area contributed by atoms with Crippen LogP contribution in [0.3, 0.4) is 0 Å². The minimum atomic E-state index is 0.00795. The van der Waals surface area contributed by atoms with Gasteiger partial charge in [-0.1, -0.05) is 6.07 Å². The molecule has 2 atom stereocenters. The Hall–Kier alpha value is -2.73. The van der Waals surface area contributed by atoms with E-state index < -0.39 is 0 Å². The Morgan fingerprint density at radius 3 is 2.60 bits per heavy atom. The van der Waals surface area contributed by atoms with E-state index in [1.54, 1.807) is 0 Å². The number of hydrogen-bond acceptors (Lipinski definition) is 3. The highest BCUT2D eigenvalue weighted by atomic mass is 32.1. The third-order valence-corrected chi connectivity index (χ3v) is 4.83. The lowest BCUT2D eigenvalue weighted by molar-refractivity contribution is 0.305. The Bertz CT molecular complexity index is 862. The van der Waals surface area contributed by atoms with Crippen LogP contribution in [-0.2, 0) is 6.54 Å². The van der Waals surface area contributed by atoms with Gasteiger partial charge in [0.1, 0.15) is 0 Å². The molecular weight excluding hydrogens is 330 g/mol. The van der Waals surface area contributed by atoms with E-state index in [0.717, 1.165) is 28.7 Å². The number of aromatic nitrogens is 3. The smallest absolute Gasteiger partial charge is 0.170 e. The number of nitrogens with zero attached hydrogens (tertiary/aromatic N) is 3. The van der Waals surface area contributed by atoms with E-state index >= 15 is 0 Å². The zero-order valence-corrected chi connectivity index (χ0v) is 14.7. The first-order valence-corrected chi connectivity index (χ1v) is 8.65. The maximum absolute atomic E-state index is 5.66. The third kappa shape index (κ3) is 3.13. The summed E-state index contributed by atoms with van der Waals surface area (Å²) < 4.78 is 0. The van der Waals surface area contributed by atoms with Crippen molar-refractivity contribution in [3.05, 3.63) is 83.7 Å². The number of aromatic amines is 1. The van der Waals surface area contributed by atoms with E-state index in [1.807, 2.05) is 48.9 Å². The molecule has 0 amide bonds. The van der Waals surface area contributed by atoms with Gasteiger partial charge in [-0.3, -0.25) is 9.97 Å². The van der Waals surface area contributed by atoms with Crippen molar-refractivity contribution in [2.24, 2.45) is 0 Å². The van der Waals surface area contributed by atoms with Gasteiger partial charge in [0.25, 0.3) is 0 Å². The molecule has 4 rings (SSSR count).